The van der Waals surface area contributed by atoms with E-state index in [2.05, 4.69) is 5.10 Å². The maximum Gasteiger partial charge on any atom is 0.0952 e. The van der Waals surface area contributed by atoms with Crippen LogP contribution < -0.4 is 5.73 Å². The fraction of sp³-hybridized carbons (Fsp3) is 0.500. The molecule has 1 atom stereocenters. The second-order valence-electron chi connectivity index (χ2n) is 3.01. The Morgan fingerprint density at radius 1 is 1.83 bits per heavy atom. The zero-order chi connectivity index (χ0) is 9.14. The molecule has 1 heterocycles. The molecule has 0 amide bonds. The van der Waals surface area contributed by atoms with E-state index < -0.39 is 0 Å². The number of aromatic nitrogens is 2. The van der Waals surface area contributed by atoms with Crippen LogP contribution in [0.5, 0.6) is 0 Å². The standard InChI is InChI=1S/C8H14N4/c1-6(8(9)10)5-12-7(2)3-4-11-12/h3-4,6H,5H2,1-2H3,(H3,9,10). The van der Waals surface area contributed by atoms with Crippen molar-refractivity contribution in [3.05, 3.63) is 18.0 Å². The van der Waals surface area contributed by atoms with Gasteiger partial charge in [-0.3, -0.25) is 10.1 Å². The van der Waals surface area contributed by atoms with Crippen LogP contribution >= 0.6 is 0 Å². The van der Waals surface area contributed by atoms with Gasteiger partial charge in [0.2, 0.25) is 0 Å². The summed E-state index contributed by atoms with van der Waals surface area (Å²) < 4.78 is 1.85. The molecule has 1 unspecified atom stereocenters. The first kappa shape index (κ1) is 8.77. The molecule has 0 aromatic carbocycles. The monoisotopic (exact) mass is 166 g/mol. The lowest BCUT2D eigenvalue weighted by atomic mass is 10.1. The summed E-state index contributed by atoms with van der Waals surface area (Å²) in [5.41, 5.74) is 6.44. The Labute approximate surface area is 71.9 Å². The van der Waals surface area contributed by atoms with Crippen molar-refractivity contribution in [2.75, 3.05) is 0 Å². The Hall–Kier alpha value is -1.32. The summed E-state index contributed by atoms with van der Waals surface area (Å²) in [5, 5.41) is 11.3. The van der Waals surface area contributed by atoms with Crippen LogP contribution in [0.3, 0.4) is 0 Å². The van der Waals surface area contributed by atoms with Crippen LogP contribution in [0.4, 0.5) is 0 Å². The number of nitrogens with two attached hydrogens (primary N) is 1. The number of nitrogens with one attached hydrogen (secondary N) is 1. The highest BCUT2D eigenvalue weighted by molar-refractivity contribution is 5.79. The summed E-state index contributed by atoms with van der Waals surface area (Å²) in [4.78, 5) is 0. The van der Waals surface area contributed by atoms with Crippen LogP contribution in [-0.4, -0.2) is 15.6 Å². The zero-order valence-corrected chi connectivity index (χ0v) is 7.41. The molecule has 0 fully saturated rings. The Balaban J connectivity index is 2.64. The molecule has 0 radical (unpaired) electrons. The van der Waals surface area contributed by atoms with E-state index in [1.165, 1.54) is 0 Å². The Morgan fingerprint density at radius 2 is 2.50 bits per heavy atom. The summed E-state index contributed by atoms with van der Waals surface area (Å²) in [6, 6.07) is 1.94. The van der Waals surface area contributed by atoms with Gasteiger partial charge in [-0.15, -0.1) is 0 Å². The van der Waals surface area contributed by atoms with Crippen LogP contribution in [0.2, 0.25) is 0 Å². The topological polar surface area (TPSA) is 67.7 Å². The van der Waals surface area contributed by atoms with Crippen molar-refractivity contribution in [1.82, 2.24) is 9.78 Å². The molecule has 0 bridgehead atoms. The number of hydrogen-bond donors (Lipinski definition) is 2. The third kappa shape index (κ3) is 1.84. The summed E-state index contributed by atoms with van der Waals surface area (Å²) in [6.45, 7) is 4.59. The van der Waals surface area contributed by atoms with Gasteiger partial charge in [0.25, 0.3) is 0 Å². The van der Waals surface area contributed by atoms with E-state index in [0.29, 0.717) is 6.54 Å². The minimum absolute atomic E-state index is 0.0589. The molecule has 0 saturated carbocycles. The third-order valence-electron chi connectivity index (χ3n) is 1.91. The van der Waals surface area contributed by atoms with Gasteiger partial charge in [0.1, 0.15) is 0 Å². The molecule has 1 rings (SSSR count). The van der Waals surface area contributed by atoms with Gasteiger partial charge in [0.05, 0.1) is 12.4 Å². The molecule has 1 aromatic heterocycles. The second-order valence-corrected chi connectivity index (χ2v) is 3.01. The van der Waals surface area contributed by atoms with E-state index in [0.717, 1.165) is 5.69 Å². The van der Waals surface area contributed by atoms with Gasteiger partial charge in [0, 0.05) is 17.8 Å². The average Bonchev–Trinajstić information content (AvgIpc) is 2.36. The van der Waals surface area contributed by atoms with E-state index in [1.807, 2.05) is 24.6 Å². The van der Waals surface area contributed by atoms with Gasteiger partial charge >= 0.3 is 0 Å². The van der Waals surface area contributed by atoms with E-state index in [9.17, 15) is 0 Å². The van der Waals surface area contributed by atoms with Crippen molar-refractivity contribution < 1.29 is 0 Å². The minimum Gasteiger partial charge on any atom is -0.387 e. The number of nitrogens with zero attached hydrogens (tertiary/aromatic N) is 2. The largest absolute Gasteiger partial charge is 0.387 e. The van der Waals surface area contributed by atoms with Crippen LogP contribution in [-0.2, 0) is 6.54 Å². The molecule has 4 nitrogen and oxygen atoms in total. The maximum atomic E-state index is 7.21. The first-order chi connectivity index (χ1) is 5.61. The second kappa shape index (κ2) is 3.38. The van der Waals surface area contributed by atoms with Crippen molar-refractivity contribution >= 4 is 5.84 Å². The SMILES string of the molecule is Cc1ccnn1CC(C)C(=N)N. The highest BCUT2D eigenvalue weighted by Crippen LogP contribution is 2.02. The Morgan fingerprint density at radius 3 is 2.92 bits per heavy atom. The molecule has 0 spiro atoms. The normalized spacial score (nSPS) is 12.8. The zero-order valence-electron chi connectivity index (χ0n) is 7.41. The molecule has 0 aliphatic heterocycles. The quantitative estimate of drug-likeness (QED) is 0.514. The average molecular weight is 166 g/mol. The number of amidine groups is 1. The first-order valence-electron chi connectivity index (χ1n) is 3.93. The lowest BCUT2D eigenvalue weighted by Gasteiger charge is -2.10. The van der Waals surface area contributed by atoms with Gasteiger partial charge in [-0.2, -0.15) is 5.10 Å². The van der Waals surface area contributed by atoms with Crippen molar-refractivity contribution in [2.45, 2.75) is 20.4 Å². The molecule has 0 saturated heterocycles. The summed E-state index contributed by atoms with van der Waals surface area (Å²) in [5.74, 6) is 0.272. The minimum atomic E-state index is 0.0589. The molecular weight excluding hydrogens is 152 g/mol. The highest BCUT2D eigenvalue weighted by Gasteiger charge is 2.07. The third-order valence-corrected chi connectivity index (χ3v) is 1.91. The van der Waals surface area contributed by atoms with E-state index in [4.69, 9.17) is 11.1 Å². The van der Waals surface area contributed by atoms with Gasteiger partial charge in [-0.1, -0.05) is 6.92 Å². The van der Waals surface area contributed by atoms with Crippen LogP contribution in [0.15, 0.2) is 12.3 Å². The molecule has 1 aromatic rings. The van der Waals surface area contributed by atoms with E-state index >= 15 is 0 Å². The van der Waals surface area contributed by atoms with Crippen LogP contribution in [0, 0.1) is 18.3 Å². The lowest BCUT2D eigenvalue weighted by molar-refractivity contribution is 0.526. The van der Waals surface area contributed by atoms with Gasteiger partial charge in [0.15, 0.2) is 0 Å². The number of rotatable bonds is 3. The molecule has 12 heavy (non-hydrogen) atoms. The Kier molecular flexibility index (Phi) is 2.47. The molecule has 66 valence electrons. The fourth-order valence-electron chi connectivity index (χ4n) is 0.948. The smallest absolute Gasteiger partial charge is 0.0952 e. The molecule has 4 heteroatoms. The Bertz CT molecular complexity index is 276. The van der Waals surface area contributed by atoms with Gasteiger partial charge in [-0.05, 0) is 13.0 Å². The van der Waals surface area contributed by atoms with Gasteiger partial charge in [-0.25, -0.2) is 0 Å². The number of hydrogen-bond acceptors (Lipinski definition) is 2. The maximum absolute atomic E-state index is 7.21. The molecular formula is C8H14N4. The van der Waals surface area contributed by atoms with Crippen molar-refractivity contribution in [3.63, 3.8) is 0 Å². The van der Waals surface area contributed by atoms with Crippen molar-refractivity contribution in [2.24, 2.45) is 11.7 Å². The van der Waals surface area contributed by atoms with E-state index in [1.54, 1.807) is 6.20 Å². The fourth-order valence-corrected chi connectivity index (χ4v) is 0.948. The molecule has 0 aliphatic rings. The summed E-state index contributed by atoms with van der Waals surface area (Å²) in [6.07, 6.45) is 1.75. The van der Waals surface area contributed by atoms with Crippen LogP contribution in [0.1, 0.15) is 12.6 Å². The number of aryl methyl sites for hydroxylation is 1. The van der Waals surface area contributed by atoms with Crippen molar-refractivity contribution in [1.29, 1.82) is 5.41 Å². The first-order valence-corrected chi connectivity index (χ1v) is 3.93. The molecule has 0 aliphatic carbocycles. The van der Waals surface area contributed by atoms with Crippen LogP contribution in [0.25, 0.3) is 0 Å². The lowest BCUT2D eigenvalue weighted by Crippen LogP contribution is -2.24. The molecule has 3 N–H and O–H groups in total. The summed E-state index contributed by atoms with van der Waals surface area (Å²) >= 11 is 0. The predicted molar refractivity (Wildman–Crippen MR) is 48.0 cm³/mol. The summed E-state index contributed by atoms with van der Waals surface area (Å²) in [7, 11) is 0. The van der Waals surface area contributed by atoms with Crippen molar-refractivity contribution in [3.8, 4) is 0 Å². The van der Waals surface area contributed by atoms with E-state index in [-0.39, 0.29) is 11.8 Å². The predicted octanol–water partition coefficient (Wildman–Crippen LogP) is 0.764. The highest BCUT2D eigenvalue weighted by atomic mass is 15.3. The van der Waals surface area contributed by atoms with Gasteiger partial charge < -0.3 is 5.73 Å².